The molecule has 1 aliphatic carbocycles. The Labute approximate surface area is 185 Å². The maximum Gasteiger partial charge on any atom is 0.230 e. The lowest BCUT2D eigenvalue weighted by Gasteiger charge is -2.22. The van der Waals surface area contributed by atoms with Crippen LogP contribution in [0.5, 0.6) is 0 Å². The molecule has 0 spiro atoms. The van der Waals surface area contributed by atoms with E-state index >= 15 is 0 Å². The van der Waals surface area contributed by atoms with Crippen molar-refractivity contribution in [2.24, 2.45) is 0 Å². The third-order valence-electron chi connectivity index (χ3n) is 5.43. The molecule has 8 heteroatoms. The van der Waals surface area contributed by atoms with E-state index in [1.807, 2.05) is 22.8 Å². The molecule has 0 aliphatic heterocycles. The van der Waals surface area contributed by atoms with Crippen LogP contribution in [0.15, 0.2) is 59.8 Å². The van der Waals surface area contributed by atoms with E-state index in [1.165, 1.54) is 28.3 Å². The van der Waals surface area contributed by atoms with Crippen molar-refractivity contribution in [2.45, 2.75) is 30.1 Å². The van der Waals surface area contributed by atoms with Gasteiger partial charge in [0, 0.05) is 11.6 Å². The predicted molar refractivity (Wildman–Crippen MR) is 119 cm³/mol. The fourth-order valence-electron chi connectivity index (χ4n) is 3.60. The summed E-state index contributed by atoms with van der Waals surface area (Å²) in [5.41, 5.74) is 1.64. The van der Waals surface area contributed by atoms with Gasteiger partial charge in [-0.05, 0) is 25.0 Å². The summed E-state index contributed by atoms with van der Waals surface area (Å²) >= 11 is 1.35. The number of hydrogen-bond acceptors (Lipinski definition) is 4. The van der Waals surface area contributed by atoms with Crippen LogP contribution in [-0.2, 0) is 4.79 Å². The van der Waals surface area contributed by atoms with Crippen LogP contribution in [0.4, 0.5) is 4.39 Å². The number of aromatic nitrogens is 3. The molecule has 1 saturated carbocycles. The van der Waals surface area contributed by atoms with Crippen LogP contribution in [0.1, 0.15) is 30.5 Å². The summed E-state index contributed by atoms with van der Waals surface area (Å²) in [4.78, 5) is 13.8. The number of nitrogens with zero attached hydrogens (tertiary/aromatic N) is 3. The summed E-state index contributed by atoms with van der Waals surface area (Å²) in [5, 5.41) is 12.2. The maximum atomic E-state index is 14.3. The molecule has 1 aromatic heterocycles. The Morgan fingerprint density at radius 2 is 1.87 bits per heavy atom. The highest BCUT2D eigenvalue weighted by Gasteiger charge is 2.31. The lowest BCUT2D eigenvalue weighted by Crippen LogP contribution is -3.07. The number of halogens is 1. The molecule has 3 aromatic rings. The fraction of sp³-hybridized carbons (Fsp3) is 0.348. The molecule has 31 heavy (non-hydrogen) atoms. The van der Waals surface area contributed by atoms with Crippen molar-refractivity contribution in [2.75, 3.05) is 26.4 Å². The van der Waals surface area contributed by atoms with Gasteiger partial charge >= 0.3 is 0 Å². The van der Waals surface area contributed by atoms with Crippen molar-refractivity contribution < 1.29 is 14.1 Å². The van der Waals surface area contributed by atoms with E-state index in [4.69, 9.17) is 0 Å². The Kier molecular flexibility index (Phi) is 6.67. The summed E-state index contributed by atoms with van der Waals surface area (Å²) in [5.74, 6) is 0.407. The second kappa shape index (κ2) is 9.62. The third kappa shape index (κ3) is 5.14. The van der Waals surface area contributed by atoms with E-state index in [9.17, 15) is 9.18 Å². The van der Waals surface area contributed by atoms with Gasteiger partial charge in [0.1, 0.15) is 11.9 Å². The van der Waals surface area contributed by atoms with Gasteiger partial charge in [0.05, 0.1) is 32.0 Å². The Balaban J connectivity index is 1.40. The van der Waals surface area contributed by atoms with Crippen LogP contribution < -0.4 is 10.2 Å². The molecule has 1 amide bonds. The Hall–Kier alpha value is -2.71. The van der Waals surface area contributed by atoms with Gasteiger partial charge in [-0.2, -0.15) is 0 Å². The number of carbonyl (C=O) groups is 1. The molecule has 1 heterocycles. The van der Waals surface area contributed by atoms with Crippen molar-refractivity contribution in [3.63, 3.8) is 0 Å². The quantitative estimate of drug-likeness (QED) is 0.502. The highest BCUT2D eigenvalue weighted by molar-refractivity contribution is 7.99. The maximum absolute atomic E-state index is 14.3. The minimum atomic E-state index is -0.316. The van der Waals surface area contributed by atoms with Crippen molar-refractivity contribution in [1.82, 2.24) is 20.1 Å². The Morgan fingerprint density at radius 3 is 2.55 bits per heavy atom. The van der Waals surface area contributed by atoms with Crippen molar-refractivity contribution >= 4 is 17.7 Å². The molecule has 1 fully saturated rings. The average molecular weight is 441 g/mol. The molecular weight excluding hydrogens is 413 g/mol. The molecule has 1 atom stereocenters. The van der Waals surface area contributed by atoms with Crippen LogP contribution in [0.25, 0.3) is 11.4 Å². The van der Waals surface area contributed by atoms with E-state index in [-0.39, 0.29) is 29.6 Å². The first-order valence-corrected chi connectivity index (χ1v) is 11.5. The van der Waals surface area contributed by atoms with E-state index in [1.54, 1.807) is 18.2 Å². The summed E-state index contributed by atoms with van der Waals surface area (Å²) in [6.07, 6.45) is 2.03. The van der Waals surface area contributed by atoms with Crippen LogP contribution in [0.2, 0.25) is 0 Å². The minimum absolute atomic E-state index is 0.0510. The first kappa shape index (κ1) is 21.5. The van der Waals surface area contributed by atoms with Gasteiger partial charge in [0.2, 0.25) is 5.91 Å². The number of benzene rings is 2. The molecule has 6 nitrogen and oxygen atoms in total. The van der Waals surface area contributed by atoms with E-state index in [0.29, 0.717) is 23.1 Å². The van der Waals surface area contributed by atoms with E-state index in [2.05, 4.69) is 41.7 Å². The van der Waals surface area contributed by atoms with Crippen LogP contribution >= 0.6 is 11.8 Å². The first-order valence-electron chi connectivity index (χ1n) is 10.5. The molecule has 2 N–H and O–H groups in total. The second-order valence-electron chi connectivity index (χ2n) is 8.02. The normalized spacial score (nSPS) is 14.6. The highest BCUT2D eigenvalue weighted by Crippen LogP contribution is 2.41. The van der Waals surface area contributed by atoms with Gasteiger partial charge in [-0.1, -0.05) is 54.2 Å². The lowest BCUT2D eigenvalue weighted by atomic mass is 10.1. The number of amides is 1. The highest BCUT2D eigenvalue weighted by atomic mass is 32.2. The Bertz CT molecular complexity index is 1040. The molecule has 0 bridgehead atoms. The van der Waals surface area contributed by atoms with Crippen LogP contribution in [0, 0.1) is 5.82 Å². The largest absolute Gasteiger partial charge is 0.349 e. The summed E-state index contributed by atoms with van der Waals surface area (Å²) in [6.45, 7) is 0.557. The zero-order valence-corrected chi connectivity index (χ0v) is 18.5. The van der Waals surface area contributed by atoms with Gasteiger partial charge in [0.15, 0.2) is 11.0 Å². The first-order chi connectivity index (χ1) is 15.0. The monoisotopic (exact) mass is 440 g/mol. The minimum Gasteiger partial charge on any atom is -0.349 e. The number of carbonyl (C=O) groups excluding carboxylic acids is 1. The van der Waals surface area contributed by atoms with Crippen molar-refractivity contribution in [3.05, 3.63) is 66.0 Å². The molecule has 0 unspecified atom stereocenters. The van der Waals surface area contributed by atoms with Crippen molar-refractivity contribution in [3.8, 4) is 11.4 Å². The molecule has 1 aliphatic rings. The van der Waals surface area contributed by atoms with Gasteiger partial charge < -0.3 is 10.2 Å². The number of thioether (sulfide) groups is 1. The number of quaternary nitrogens is 1. The van der Waals surface area contributed by atoms with Gasteiger partial charge in [-0.25, -0.2) is 4.39 Å². The molecule has 0 saturated heterocycles. The zero-order valence-electron chi connectivity index (χ0n) is 17.7. The van der Waals surface area contributed by atoms with Gasteiger partial charge in [-0.3, -0.25) is 9.36 Å². The summed E-state index contributed by atoms with van der Waals surface area (Å²) < 4.78 is 16.3. The number of nitrogens with one attached hydrogen (secondary N) is 2. The van der Waals surface area contributed by atoms with E-state index < -0.39 is 0 Å². The molecule has 0 radical (unpaired) electrons. The van der Waals surface area contributed by atoms with Gasteiger partial charge in [-0.15, -0.1) is 10.2 Å². The van der Waals surface area contributed by atoms with Gasteiger partial charge in [0.25, 0.3) is 0 Å². The van der Waals surface area contributed by atoms with Crippen LogP contribution in [-0.4, -0.2) is 47.1 Å². The fourth-order valence-corrected chi connectivity index (χ4v) is 4.44. The van der Waals surface area contributed by atoms with Crippen molar-refractivity contribution in [1.29, 1.82) is 0 Å². The topological polar surface area (TPSA) is 64.2 Å². The predicted octanol–water partition coefficient (Wildman–Crippen LogP) is 2.51. The SMILES string of the molecule is C[NH+](C)[C@@H](CNC(=O)CSc1nnc(-c2ccccc2F)n1C1CC1)c1ccccc1. The standard InChI is InChI=1S/C23H26FN5OS/c1-28(2)20(16-8-4-3-5-9-16)14-25-21(30)15-31-23-27-26-22(29(23)17-12-13-17)18-10-6-7-11-19(18)24/h3-11,17,20H,12-15H2,1-2H3,(H,25,30)/p+1/t20-/m0/s1. The summed E-state index contributed by atoms with van der Waals surface area (Å²) in [6, 6.07) is 17.2. The molecule has 162 valence electrons. The van der Waals surface area contributed by atoms with E-state index in [0.717, 1.165) is 12.8 Å². The molecule has 4 rings (SSSR count). The third-order valence-corrected chi connectivity index (χ3v) is 6.37. The Morgan fingerprint density at radius 1 is 1.16 bits per heavy atom. The molecule has 2 aromatic carbocycles. The lowest BCUT2D eigenvalue weighted by molar-refractivity contribution is -0.890. The number of rotatable bonds is 9. The second-order valence-corrected chi connectivity index (χ2v) is 8.96. The van der Waals surface area contributed by atoms with Crippen LogP contribution in [0.3, 0.4) is 0 Å². The summed E-state index contributed by atoms with van der Waals surface area (Å²) in [7, 11) is 4.17. The number of likely N-dealkylation sites (N-methyl/N-ethyl adjacent to an activating group) is 1. The number of hydrogen-bond donors (Lipinski definition) is 2. The zero-order chi connectivity index (χ0) is 21.8. The average Bonchev–Trinajstić information content (AvgIpc) is 3.52. The smallest absolute Gasteiger partial charge is 0.230 e. The molecular formula is C23H27FN5OS+.